The Morgan fingerprint density at radius 1 is 1.56 bits per heavy atom. The molecule has 1 aliphatic heterocycles. The monoisotopic (exact) mass is 270 g/mol. The van der Waals surface area contributed by atoms with Crippen molar-refractivity contribution in [1.29, 1.82) is 0 Å². The van der Waals surface area contributed by atoms with Gasteiger partial charge in [0.1, 0.15) is 5.75 Å². The van der Waals surface area contributed by atoms with E-state index in [1.807, 2.05) is 24.3 Å². The number of hydrogen-bond acceptors (Lipinski definition) is 3. The van der Waals surface area contributed by atoms with Crippen molar-refractivity contribution in [3.8, 4) is 5.75 Å². The van der Waals surface area contributed by atoms with E-state index >= 15 is 0 Å². The number of halogens is 1. The molecule has 1 amide bonds. The van der Waals surface area contributed by atoms with Crippen LogP contribution in [0.25, 0.3) is 0 Å². The first kappa shape index (κ1) is 14.8. The summed E-state index contributed by atoms with van der Waals surface area (Å²) in [4.78, 5) is 11.8. The maximum atomic E-state index is 11.8. The number of carbonyl (C=O) groups is 1. The molecule has 4 nitrogen and oxygen atoms in total. The molecule has 18 heavy (non-hydrogen) atoms. The average Bonchev–Trinajstić information content (AvgIpc) is 2.82. The van der Waals surface area contributed by atoms with E-state index in [0.29, 0.717) is 12.5 Å². The van der Waals surface area contributed by atoms with Crippen LogP contribution in [0.2, 0.25) is 0 Å². The number of hydrogen-bond donors (Lipinski definition) is 2. The molecule has 1 aromatic carbocycles. The lowest BCUT2D eigenvalue weighted by Crippen LogP contribution is -2.27. The molecule has 2 rings (SSSR count). The molecular formula is C13H19ClN2O2. The molecule has 0 aliphatic carbocycles. The summed E-state index contributed by atoms with van der Waals surface area (Å²) in [6, 6.07) is 7.74. The first-order valence-corrected chi connectivity index (χ1v) is 5.95. The zero-order chi connectivity index (χ0) is 12.1. The first-order valence-electron chi connectivity index (χ1n) is 5.95. The molecule has 100 valence electrons. The number of benzene rings is 1. The van der Waals surface area contributed by atoms with E-state index in [2.05, 4.69) is 10.6 Å². The van der Waals surface area contributed by atoms with Crippen LogP contribution >= 0.6 is 12.4 Å². The quantitative estimate of drug-likeness (QED) is 0.882. The third kappa shape index (κ3) is 4.20. The summed E-state index contributed by atoms with van der Waals surface area (Å²) in [6.45, 7) is 1.02. The van der Waals surface area contributed by atoms with Crippen molar-refractivity contribution in [3.05, 3.63) is 24.3 Å². The lowest BCUT2D eigenvalue weighted by molar-refractivity contribution is -0.116. The number of methoxy groups -OCH3 is 1. The van der Waals surface area contributed by atoms with Crippen LogP contribution in [0.15, 0.2) is 24.3 Å². The predicted molar refractivity (Wildman–Crippen MR) is 74.5 cm³/mol. The van der Waals surface area contributed by atoms with Gasteiger partial charge in [-0.3, -0.25) is 4.79 Å². The SMILES string of the molecule is COc1cccc(NC(=O)CC2CCCN2)c1.Cl. The highest BCUT2D eigenvalue weighted by Crippen LogP contribution is 2.17. The standard InChI is InChI=1S/C13H18N2O2.ClH/c1-17-12-6-2-4-11(8-12)15-13(16)9-10-5-3-7-14-10;/h2,4,6,8,10,14H,3,5,7,9H2,1H3,(H,15,16);1H. The van der Waals surface area contributed by atoms with Gasteiger partial charge >= 0.3 is 0 Å². The first-order chi connectivity index (χ1) is 8.28. The number of rotatable bonds is 4. The second kappa shape index (κ2) is 7.24. The van der Waals surface area contributed by atoms with Crippen LogP contribution in [0.1, 0.15) is 19.3 Å². The van der Waals surface area contributed by atoms with Crippen LogP contribution in [0.5, 0.6) is 5.75 Å². The van der Waals surface area contributed by atoms with Gasteiger partial charge < -0.3 is 15.4 Å². The molecule has 2 N–H and O–H groups in total. The Bertz CT molecular complexity index is 392. The molecule has 0 radical (unpaired) electrons. The zero-order valence-electron chi connectivity index (χ0n) is 10.4. The molecule has 0 spiro atoms. The van der Waals surface area contributed by atoms with E-state index in [4.69, 9.17) is 4.74 Å². The molecule has 1 fully saturated rings. The van der Waals surface area contributed by atoms with Crippen molar-refractivity contribution in [1.82, 2.24) is 5.32 Å². The minimum Gasteiger partial charge on any atom is -0.497 e. The van der Waals surface area contributed by atoms with Gasteiger partial charge in [0.15, 0.2) is 0 Å². The number of carbonyl (C=O) groups excluding carboxylic acids is 1. The third-order valence-electron chi connectivity index (χ3n) is 2.95. The number of nitrogens with one attached hydrogen (secondary N) is 2. The van der Waals surface area contributed by atoms with Gasteiger partial charge in [0.25, 0.3) is 0 Å². The highest BCUT2D eigenvalue weighted by molar-refractivity contribution is 5.91. The Morgan fingerprint density at radius 3 is 3.06 bits per heavy atom. The molecule has 1 unspecified atom stereocenters. The summed E-state index contributed by atoms with van der Waals surface area (Å²) < 4.78 is 5.11. The van der Waals surface area contributed by atoms with Crippen LogP contribution in [-0.2, 0) is 4.79 Å². The summed E-state index contributed by atoms with van der Waals surface area (Å²) in [5, 5.41) is 6.19. The highest BCUT2D eigenvalue weighted by atomic mass is 35.5. The fourth-order valence-corrected chi connectivity index (χ4v) is 2.07. The summed E-state index contributed by atoms with van der Waals surface area (Å²) >= 11 is 0. The Kier molecular flexibility index (Phi) is 5.95. The van der Waals surface area contributed by atoms with E-state index in [1.54, 1.807) is 7.11 Å². The van der Waals surface area contributed by atoms with Crippen molar-refractivity contribution < 1.29 is 9.53 Å². The molecule has 1 aromatic rings. The molecule has 0 aromatic heterocycles. The van der Waals surface area contributed by atoms with E-state index < -0.39 is 0 Å². The fraction of sp³-hybridized carbons (Fsp3) is 0.462. The minimum absolute atomic E-state index is 0. The van der Waals surface area contributed by atoms with Crippen molar-refractivity contribution in [2.75, 3.05) is 19.0 Å². The zero-order valence-corrected chi connectivity index (χ0v) is 11.3. The number of amides is 1. The van der Waals surface area contributed by atoms with Crippen LogP contribution in [0.3, 0.4) is 0 Å². The maximum absolute atomic E-state index is 11.8. The molecule has 1 atom stereocenters. The lowest BCUT2D eigenvalue weighted by atomic mass is 10.1. The minimum atomic E-state index is 0. The molecule has 1 heterocycles. The van der Waals surface area contributed by atoms with E-state index in [9.17, 15) is 4.79 Å². The smallest absolute Gasteiger partial charge is 0.225 e. The summed E-state index contributed by atoms with van der Waals surface area (Å²) in [7, 11) is 1.61. The van der Waals surface area contributed by atoms with Crippen molar-refractivity contribution in [2.24, 2.45) is 0 Å². The Labute approximate surface area is 114 Å². The van der Waals surface area contributed by atoms with Crippen molar-refractivity contribution in [3.63, 3.8) is 0 Å². The predicted octanol–water partition coefficient (Wildman–Crippen LogP) is 2.20. The van der Waals surface area contributed by atoms with Gasteiger partial charge in [-0.15, -0.1) is 12.4 Å². The second-order valence-corrected chi connectivity index (χ2v) is 4.28. The van der Waals surface area contributed by atoms with Crippen LogP contribution in [-0.4, -0.2) is 25.6 Å². The average molecular weight is 271 g/mol. The molecule has 1 aliphatic rings. The summed E-state index contributed by atoms with van der Waals surface area (Å²) in [6.07, 6.45) is 2.79. The van der Waals surface area contributed by atoms with Gasteiger partial charge in [-0.25, -0.2) is 0 Å². The normalized spacial score (nSPS) is 17.9. The highest BCUT2D eigenvalue weighted by Gasteiger charge is 2.17. The van der Waals surface area contributed by atoms with Crippen molar-refractivity contribution in [2.45, 2.75) is 25.3 Å². The van der Waals surface area contributed by atoms with E-state index in [0.717, 1.165) is 30.8 Å². The Hall–Kier alpha value is -1.26. The van der Waals surface area contributed by atoms with Gasteiger partial charge in [-0.1, -0.05) is 6.07 Å². The van der Waals surface area contributed by atoms with Gasteiger partial charge in [-0.2, -0.15) is 0 Å². The van der Waals surface area contributed by atoms with E-state index in [1.165, 1.54) is 0 Å². The summed E-state index contributed by atoms with van der Waals surface area (Å²) in [5.74, 6) is 0.805. The van der Waals surface area contributed by atoms with Gasteiger partial charge in [0.05, 0.1) is 7.11 Å². The van der Waals surface area contributed by atoms with Crippen LogP contribution in [0.4, 0.5) is 5.69 Å². The van der Waals surface area contributed by atoms with Crippen LogP contribution < -0.4 is 15.4 Å². The molecular weight excluding hydrogens is 252 g/mol. The van der Waals surface area contributed by atoms with Crippen LogP contribution in [0, 0.1) is 0 Å². The molecule has 5 heteroatoms. The third-order valence-corrected chi connectivity index (χ3v) is 2.95. The second-order valence-electron chi connectivity index (χ2n) is 4.28. The molecule has 1 saturated heterocycles. The summed E-state index contributed by atoms with van der Waals surface area (Å²) in [5.41, 5.74) is 0.785. The Morgan fingerprint density at radius 2 is 2.39 bits per heavy atom. The van der Waals surface area contributed by atoms with Gasteiger partial charge in [0.2, 0.25) is 5.91 Å². The number of ether oxygens (including phenoxy) is 1. The van der Waals surface area contributed by atoms with Gasteiger partial charge in [-0.05, 0) is 31.5 Å². The molecule has 0 saturated carbocycles. The number of anilines is 1. The van der Waals surface area contributed by atoms with Gasteiger partial charge in [0, 0.05) is 24.2 Å². The Balaban J connectivity index is 0.00000162. The fourth-order valence-electron chi connectivity index (χ4n) is 2.07. The van der Waals surface area contributed by atoms with E-state index in [-0.39, 0.29) is 18.3 Å². The topological polar surface area (TPSA) is 50.4 Å². The maximum Gasteiger partial charge on any atom is 0.225 e. The molecule has 0 bridgehead atoms. The lowest BCUT2D eigenvalue weighted by Gasteiger charge is -2.11. The largest absolute Gasteiger partial charge is 0.497 e. The van der Waals surface area contributed by atoms with Crippen molar-refractivity contribution >= 4 is 24.0 Å².